The van der Waals surface area contributed by atoms with Crippen LogP contribution in [0.4, 0.5) is 0 Å². The zero-order valence-electron chi connectivity index (χ0n) is 16.3. The molecule has 0 N–H and O–H groups in total. The molecular formula is C20H40O3. The van der Waals surface area contributed by atoms with Crippen molar-refractivity contribution in [2.24, 2.45) is 11.3 Å². The van der Waals surface area contributed by atoms with Gasteiger partial charge in [-0.05, 0) is 26.2 Å². The molecule has 1 rings (SSSR count). The first-order chi connectivity index (χ1) is 11.0. The van der Waals surface area contributed by atoms with Gasteiger partial charge in [0.1, 0.15) is 0 Å². The Morgan fingerprint density at radius 2 is 1.52 bits per heavy atom. The van der Waals surface area contributed by atoms with Crippen molar-refractivity contribution in [3.05, 3.63) is 0 Å². The molecular weight excluding hydrogens is 288 g/mol. The third-order valence-electron chi connectivity index (χ3n) is 5.69. The minimum Gasteiger partial charge on any atom is -0.380 e. The summed E-state index contributed by atoms with van der Waals surface area (Å²) in [6.45, 7) is 8.57. The SMILES string of the molecule is CCCCCCCCC(CCCC1(C)COC1)C(C)(OC)OC. The summed E-state index contributed by atoms with van der Waals surface area (Å²) in [6.07, 6.45) is 12.9. The van der Waals surface area contributed by atoms with Crippen LogP contribution in [0.2, 0.25) is 0 Å². The van der Waals surface area contributed by atoms with Crippen molar-refractivity contribution in [3.8, 4) is 0 Å². The summed E-state index contributed by atoms with van der Waals surface area (Å²) in [5, 5.41) is 0. The number of hydrogen-bond acceptors (Lipinski definition) is 3. The maximum Gasteiger partial charge on any atom is 0.167 e. The van der Waals surface area contributed by atoms with Crippen LogP contribution in [0.1, 0.15) is 85.0 Å². The second-order valence-corrected chi connectivity index (χ2v) is 7.87. The van der Waals surface area contributed by atoms with E-state index in [2.05, 4.69) is 20.8 Å². The van der Waals surface area contributed by atoms with Gasteiger partial charge >= 0.3 is 0 Å². The Hall–Kier alpha value is -0.120. The van der Waals surface area contributed by atoms with Crippen molar-refractivity contribution in [2.45, 2.75) is 90.8 Å². The molecule has 1 aliphatic rings. The van der Waals surface area contributed by atoms with Gasteiger partial charge in [0.2, 0.25) is 0 Å². The predicted molar refractivity (Wildman–Crippen MR) is 96.7 cm³/mol. The minimum atomic E-state index is -0.444. The topological polar surface area (TPSA) is 27.7 Å². The highest BCUT2D eigenvalue weighted by molar-refractivity contribution is 4.82. The Morgan fingerprint density at radius 3 is 2.04 bits per heavy atom. The summed E-state index contributed by atoms with van der Waals surface area (Å²) in [7, 11) is 3.55. The molecule has 1 saturated heterocycles. The van der Waals surface area contributed by atoms with Crippen LogP contribution < -0.4 is 0 Å². The van der Waals surface area contributed by atoms with E-state index < -0.39 is 5.79 Å². The lowest BCUT2D eigenvalue weighted by atomic mass is 9.80. The fourth-order valence-corrected chi connectivity index (χ4v) is 3.63. The highest BCUT2D eigenvalue weighted by Crippen LogP contribution is 2.36. The maximum absolute atomic E-state index is 5.72. The van der Waals surface area contributed by atoms with Gasteiger partial charge in [0.15, 0.2) is 5.79 Å². The van der Waals surface area contributed by atoms with Gasteiger partial charge in [-0.15, -0.1) is 0 Å². The molecule has 0 radical (unpaired) electrons. The monoisotopic (exact) mass is 328 g/mol. The normalized spacial score (nSPS) is 18.7. The molecule has 0 spiro atoms. The van der Waals surface area contributed by atoms with E-state index in [0.29, 0.717) is 11.3 Å². The van der Waals surface area contributed by atoms with Gasteiger partial charge in [-0.25, -0.2) is 0 Å². The third-order valence-corrected chi connectivity index (χ3v) is 5.69. The molecule has 0 amide bonds. The maximum atomic E-state index is 5.72. The molecule has 0 aromatic rings. The van der Waals surface area contributed by atoms with Crippen LogP contribution in [0, 0.1) is 11.3 Å². The third kappa shape index (κ3) is 7.11. The average Bonchev–Trinajstić information content (AvgIpc) is 2.54. The number of methoxy groups -OCH3 is 2. The molecule has 1 atom stereocenters. The van der Waals surface area contributed by atoms with E-state index in [1.807, 2.05) is 0 Å². The van der Waals surface area contributed by atoms with Gasteiger partial charge in [-0.1, -0.05) is 58.8 Å². The van der Waals surface area contributed by atoms with Crippen molar-refractivity contribution in [1.29, 1.82) is 0 Å². The molecule has 1 unspecified atom stereocenters. The molecule has 1 heterocycles. The van der Waals surface area contributed by atoms with Crippen LogP contribution in [0.15, 0.2) is 0 Å². The number of unbranched alkanes of at least 4 members (excludes halogenated alkanes) is 5. The summed E-state index contributed by atoms with van der Waals surface area (Å²) in [6, 6.07) is 0. The zero-order chi connectivity index (χ0) is 17.2. The Labute approximate surface area is 144 Å². The van der Waals surface area contributed by atoms with E-state index in [1.165, 1.54) is 64.2 Å². The van der Waals surface area contributed by atoms with Crippen molar-refractivity contribution < 1.29 is 14.2 Å². The number of ether oxygens (including phenoxy) is 3. The highest BCUT2D eigenvalue weighted by Gasteiger charge is 2.36. The fourth-order valence-electron chi connectivity index (χ4n) is 3.63. The van der Waals surface area contributed by atoms with Crippen molar-refractivity contribution >= 4 is 0 Å². The van der Waals surface area contributed by atoms with Gasteiger partial charge in [-0.3, -0.25) is 0 Å². The van der Waals surface area contributed by atoms with E-state index in [9.17, 15) is 0 Å². The first-order valence-corrected chi connectivity index (χ1v) is 9.68. The van der Waals surface area contributed by atoms with Gasteiger partial charge < -0.3 is 14.2 Å². The largest absolute Gasteiger partial charge is 0.380 e. The summed E-state index contributed by atoms with van der Waals surface area (Å²) in [4.78, 5) is 0. The molecule has 23 heavy (non-hydrogen) atoms. The quantitative estimate of drug-likeness (QED) is 0.308. The van der Waals surface area contributed by atoms with Crippen LogP contribution in [-0.2, 0) is 14.2 Å². The molecule has 0 saturated carbocycles. The van der Waals surface area contributed by atoms with Crippen molar-refractivity contribution in [1.82, 2.24) is 0 Å². The molecule has 0 aromatic heterocycles. The Balaban J connectivity index is 2.35. The van der Waals surface area contributed by atoms with E-state index in [4.69, 9.17) is 14.2 Å². The van der Waals surface area contributed by atoms with Gasteiger partial charge in [0.05, 0.1) is 13.2 Å². The van der Waals surface area contributed by atoms with Gasteiger partial charge in [0, 0.05) is 25.6 Å². The Kier molecular flexibility index (Phi) is 9.72. The number of hydrogen-bond donors (Lipinski definition) is 0. The van der Waals surface area contributed by atoms with Crippen LogP contribution in [0.3, 0.4) is 0 Å². The minimum absolute atomic E-state index is 0.418. The van der Waals surface area contributed by atoms with E-state index >= 15 is 0 Å². The zero-order valence-corrected chi connectivity index (χ0v) is 16.3. The van der Waals surface area contributed by atoms with Crippen LogP contribution in [-0.4, -0.2) is 33.2 Å². The molecule has 0 bridgehead atoms. The smallest absolute Gasteiger partial charge is 0.167 e. The molecule has 138 valence electrons. The highest BCUT2D eigenvalue weighted by atomic mass is 16.7. The van der Waals surface area contributed by atoms with Crippen molar-refractivity contribution in [3.63, 3.8) is 0 Å². The Morgan fingerprint density at radius 1 is 0.957 bits per heavy atom. The van der Waals surface area contributed by atoms with E-state index in [-0.39, 0.29) is 0 Å². The predicted octanol–water partition coefficient (Wildman–Crippen LogP) is 5.57. The van der Waals surface area contributed by atoms with Crippen LogP contribution in [0.25, 0.3) is 0 Å². The standard InChI is InChI=1S/C20H40O3/c1-6-7-8-9-10-11-13-18(20(3,21-4)22-5)14-12-15-19(2)16-23-17-19/h18H,6-17H2,1-5H3. The first kappa shape index (κ1) is 20.9. The summed E-state index contributed by atoms with van der Waals surface area (Å²) in [5.74, 6) is 0.0359. The summed E-state index contributed by atoms with van der Waals surface area (Å²) in [5.41, 5.74) is 0.418. The second-order valence-electron chi connectivity index (χ2n) is 7.87. The average molecular weight is 329 g/mol. The second kappa shape index (κ2) is 10.7. The van der Waals surface area contributed by atoms with Gasteiger partial charge in [-0.2, -0.15) is 0 Å². The molecule has 1 aliphatic heterocycles. The van der Waals surface area contributed by atoms with Crippen LogP contribution in [0.5, 0.6) is 0 Å². The summed E-state index contributed by atoms with van der Waals surface area (Å²) < 4.78 is 16.8. The lowest BCUT2D eigenvalue weighted by Gasteiger charge is -2.40. The van der Waals surface area contributed by atoms with E-state index in [0.717, 1.165) is 13.2 Å². The lowest BCUT2D eigenvalue weighted by Crippen LogP contribution is -2.41. The molecule has 3 heteroatoms. The first-order valence-electron chi connectivity index (χ1n) is 9.68. The molecule has 1 fully saturated rings. The molecule has 0 aliphatic carbocycles. The number of rotatable bonds is 14. The van der Waals surface area contributed by atoms with Crippen LogP contribution >= 0.6 is 0 Å². The van der Waals surface area contributed by atoms with Gasteiger partial charge in [0.25, 0.3) is 0 Å². The summed E-state index contributed by atoms with van der Waals surface area (Å²) >= 11 is 0. The Bertz CT molecular complexity index is 295. The molecule has 0 aromatic carbocycles. The fraction of sp³-hybridized carbons (Fsp3) is 1.00. The molecule has 3 nitrogen and oxygen atoms in total. The van der Waals surface area contributed by atoms with E-state index in [1.54, 1.807) is 14.2 Å². The van der Waals surface area contributed by atoms with Crippen molar-refractivity contribution in [2.75, 3.05) is 27.4 Å². The lowest BCUT2D eigenvalue weighted by molar-refractivity contribution is -0.230.